The van der Waals surface area contributed by atoms with Crippen molar-refractivity contribution >= 4 is 46.9 Å². The van der Waals surface area contributed by atoms with Crippen LogP contribution in [0.5, 0.6) is 5.75 Å². The van der Waals surface area contributed by atoms with Crippen LogP contribution in [0.4, 0.5) is 16.2 Å². The van der Waals surface area contributed by atoms with Crippen LogP contribution in [0, 0.1) is 18.8 Å². The molecule has 59 heavy (non-hydrogen) atoms. The van der Waals surface area contributed by atoms with E-state index in [4.69, 9.17) is 10.5 Å². The predicted molar refractivity (Wildman–Crippen MR) is 225 cm³/mol. The number of nitrogens with one attached hydrogen (secondary N) is 6. The van der Waals surface area contributed by atoms with Crippen LogP contribution < -0.4 is 42.4 Å². The Morgan fingerprint density at radius 1 is 0.729 bits per heavy atom. The van der Waals surface area contributed by atoms with Gasteiger partial charge in [-0.2, -0.15) is 0 Å². The number of ether oxygens (including phenoxy) is 1. The highest BCUT2D eigenvalue weighted by molar-refractivity contribution is 6.00. The molecule has 4 rings (SSSR count). The molecule has 0 bridgehead atoms. The number of nitrogens with two attached hydrogens (primary N) is 1. The number of aliphatic hydroxyl groups is 1. The summed E-state index contributed by atoms with van der Waals surface area (Å²) < 4.78 is 5.20. The van der Waals surface area contributed by atoms with Crippen molar-refractivity contribution < 1.29 is 38.6 Å². The summed E-state index contributed by atoms with van der Waals surface area (Å²) in [5.74, 6) is -2.53. The normalized spacial score (nSPS) is 14.8. The molecule has 1 saturated carbocycles. The van der Waals surface area contributed by atoms with Gasteiger partial charge in [0.15, 0.2) is 0 Å². The van der Waals surface area contributed by atoms with Crippen molar-refractivity contribution in [3.63, 3.8) is 0 Å². The van der Waals surface area contributed by atoms with E-state index in [0.717, 1.165) is 43.2 Å². The third-order valence-corrected chi connectivity index (χ3v) is 10.3. The maximum Gasteiger partial charge on any atom is 0.323 e. The Morgan fingerprint density at radius 3 is 1.93 bits per heavy atom. The van der Waals surface area contributed by atoms with Gasteiger partial charge in [-0.3, -0.25) is 24.0 Å². The van der Waals surface area contributed by atoms with E-state index < -0.39 is 66.3 Å². The van der Waals surface area contributed by atoms with E-state index in [0.29, 0.717) is 29.1 Å². The number of primary amides is 1. The Kier molecular flexibility index (Phi) is 17.7. The van der Waals surface area contributed by atoms with Gasteiger partial charge in [0.2, 0.25) is 29.5 Å². The summed E-state index contributed by atoms with van der Waals surface area (Å²) in [7, 11) is 1.54. The van der Waals surface area contributed by atoms with Crippen LogP contribution in [0.2, 0.25) is 0 Å². The van der Waals surface area contributed by atoms with Crippen molar-refractivity contribution in [3.8, 4) is 5.75 Å². The third-order valence-electron chi connectivity index (χ3n) is 10.3. The minimum atomic E-state index is -1.44. The molecule has 0 aliphatic heterocycles. The zero-order valence-corrected chi connectivity index (χ0v) is 34.3. The fourth-order valence-electron chi connectivity index (χ4n) is 7.06. The SMILES string of the molecule is COc1ccc(C[C@@H](NC(=O)[C@H](CC2CCCCC2)NC(=O)[C@H](CO)NC(=O)[C@H](CC(C)C)NC(=O)Cc2ccc(NC(=O)Nc3ccccc3C)cc2)C(N)=O)cc1. The molecule has 0 radical (unpaired) electrons. The number of aryl methyl sites for hydroxylation is 1. The first-order valence-electron chi connectivity index (χ1n) is 20.2. The molecule has 7 amide bonds. The van der Waals surface area contributed by atoms with Crippen molar-refractivity contribution in [2.75, 3.05) is 24.4 Å². The lowest BCUT2D eigenvalue weighted by Gasteiger charge is -2.29. The lowest BCUT2D eigenvalue weighted by atomic mass is 9.84. The minimum Gasteiger partial charge on any atom is -0.497 e. The Labute approximate surface area is 346 Å². The first-order chi connectivity index (χ1) is 28.2. The smallest absolute Gasteiger partial charge is 0.323 e. The van der Waals surface area contributed by atoms with E-state index in [1.54, 1.807) is 54.6 Å². The molecule has 0 heterocycles. The summed E-state index contributed by atoms with van der Waals surface area (Å²) in [6.45, 7) is 4.88. The van der Waals surface area contributed by atoms with Crippen LogP contribution in [0.15, 0.2) is 72.8 Å². The molecule has 4 atom stereocenters. The second-order valence-electron chi connectivity index (χ2n) is 15.6. The lowest BCUT2D eigenvalue weighted by Crippen LogP contribution is -2.59. The molecule has 15 nitrogen and oxygen atoms in total. The molecule has 1 aliphatic rings. The summed E-state index contributed by atoms with van der Waals surface area (Å²) >= 11 is 0. The van der Waals surface area contributed by atoms with E-state index in [9.17, 15) is 33.9 Å². The number of aliphatic hydroxyl groups excluding tert-OH is 1. The molecule has 318 valence electrons. The predicted octanol–water partition coefficient (Wildman–Crippen LogP) is 3.87. The maximum absolute atomic E-state index is 13.8. The number of rotatable bonds is 20. The highest BCUT2D eigenvalue weighted by atomic mass is 16.5. The van der Waals surface area contributed by atoms with Gasteiger partial charge in [-0.15, -0.1) is 0 Å². The van der Waals surface area contributed by atoms with Crippen molar-refractivity contribution in [2.24, 2.45) is 17.6 Å². The number of carbonyl (C=O) groups excluding carboxylic acids is 6. The van der Waals surface area contributed by atoms with E-state index >= 15 is 0 Å². The average molecular weight is 814 g/mol. The lowest BCUT2D eigenvalue weighted by molar-refractivity contribution is -0.135. The highest BCUT2D eigenvalue weighted by Crippen LogP contribution is 2.27. The fraction of sp³-hybridized carbons (Fsp3) is 0.455. The number of amides is 7. The summed E-state index contributed by atoms with van der Waals surface area (Å²) in [4.78, 5) is 79.2. The summed E-state index contributed by atoms with van der Waals surface area (Å²) in [6, 6.07) is 16.1. The molecule has 0 unspecified atom stereocenters. The number of hydrogen-bond acceptors (Lipinski definition) is 8. The van der Waals surface area contributed by atoms with Crippen LogP contribution in [-0.2, 0) is 36.8 Å². The van der Waals surface area contributed by atoms with Crippen molar-refractivity contribution in [1.29, 1.82) is 0 Å². The maximum atomic E-state index is 13.8. The van der Waals surface area contributed by atoms with Crippen LogP contribution in [0.1, 0.15) is 75.5 Å². The second-order valence-corrected chi connectivity index (χ2v) is 15.6. The van der Waals surface area contributed by atoms with E-state index in [1.165, 1.54) is 7.11 Å². The molecule has 0 saturated heterocycles. The monoisotopic (exact) mass is 813 g/mol. The Morgan fingerprint density at radius 2 is 1.32 bits per heavy atom. The van der Waals surface area contributed by atoms with Gasteiger partial charge in [-0.1, -0.05) is 88.4 Å². The minimum absolute atomic E-state index is 0.0247. The van der Waals surface area contributed by atoms with Crippen molar-refractivity contribution in [2.45, 2.75) is 103 Å². The number of urea groups is 1. The Balaban J connectivity index is 1.37. The fourth-order valence-corrected chi connectivity index (χ4v) is 7.06. The van der Waals surface area contributed by atoms with Crippen LogP contribution in [-0.4, -0.2) is 78.6 Å². The molecule has 0 spiro atoms. The number of hydrogen-bond donors (Lipinski definition) is 8. The van der Waals surface area contributed by atoms with Gasteiger partial charge in [-0.25, -0.2) is 4.79 Å². The first-order valence-corrected chi connectivity index (χ1v) is 20.2. The molecule has 3 aromatic rings. The van der Waals surface area contributed by atoms with Crippen molar-refractivity contribution in [1.82, 2.24) is 21.3 Å². The third kappa shape index (κ3) is 15.1. The van der Waals surface area contributed by atoms with Gasteiger partial charge in [0.1, 0.15) is 29.9 Å². The number of para-hydroxylation sites is 1. The molecule has 15 heteroatoms. The van der Waals surface area contributed by atoms with Crippen LogP contribution in [0.3, 0.4) is 0 Å². The van der Waals surface area contributed by atoms with Gasteiger partial charge in [0, 0.05) is 17.8 Å². The standard InChI is InChI=1S/C44H59N7O8/c1-27(2)22-36(47-39(53)25-31-14-18-32(19-15-31)46-44(58)51-34-13-9-8-10-28(34)3)41(55)50-38(26-52)43(57)49-37(24-29-11-6-5-7-12-29)42(56)48-35(40(45)54)23-30-16-20-33(59-4)21-17-30/h8-10,13-21,27,29,35-38,52H,5-7,11-12,22-26H2,1-4H3,(H2,45,54)(H,47,53)(H,48,56)(H,49,57)(H,50,55)(H2,46,51,58)/t35-,36+,37+,38+/m1/s1. The van der Waals surface area contributed by atoms with Crippen LogP contribution >= 0.6 is 0 Å². The quantitative estimate of drug-likeness (QED) is 0.0833. The zero-order chi connectivity index (χ0) is 42.9. The summed E-state index contributed by atoms with van der Waals surface area (Å²) in [6.07, 6.45) is 5.38. The van der Waals surface area contributed by atoms with Gasteiger partial charge in [0.05, 0.1) is 20.1 Å². The zero-order valence-electron chi connectivity index (χ0n) is 34.3. The number of benzene rings is 3. The topological polar surface area (TPSA) is 230 Å². The molecule has 0 aromatic heterocycles. The van der Waals surface area contributed by atoms with Gasteiger partial charge in [0.25, 0.3) is 0 Å². The Bertz CT molecular complexity index is 1880. The van der Waals surface area contributed by atoms with E-state index in [2.05, 4.69) is 31.9 Å². The number of methoxy groups -OCH3 is 1. The highest BCUT2D eigenvalue weighted by Gasteiger charge is 2.33. The Hall–Kier alpha value is -5.96. The summed E-state index contributed by atoms with van der Waals surface area (Å²) in [5.41, 5.74) is 9.18. The average Bonchev–Trinajstić information content (AvgIpc) is 3.21. The molecule has 1 aliphatic carbocycles. The van der Waals surface area contributed by atoms with E-state index in [1.807, 2.05) is 39.0 Å². The molecule has 1 fully saturated rings. The second kappa shape index (κ2) is 22.8. The van der Waals surface area contributed by atoms with Crippen LogP contribution in [0.25, 0.3) is 0 Å². The molecule has 9 N–H and O–H groups in total. The first kappa shape index (κ1) is 45.7. The van der Waals surface area contributed by atoms with E-state index in [-0.39, 0.29) is 31.1 Å². The number of carbonyl (C=O) groups is 6. The largest absolute Gasteiger partial charge is 0.497 e. The number of anilines is 2. The van der Waals surface area contributed by atoms with Gasteiger partial charge < -0.3 is 47.5 Å². The van der Waals surface area contributed by atoms with Gasteiger partial charge in [-0.05, 0) is 78.6 Å². The molecule has 3 aromatic carbocycles. The van der Waals surface area contributed by atoms with Gasteiger partial charge >= 0.3 is 6.03 Å². The molecular formula is C44H59N7O8. The molecular weight excluding hydrogens is 755 g/mol. The summed E-state index contributed by atoms with van der Waals surface area (Å²) in [5, 5.41) is 26.6. The van der Waals surface area contributed by atoms with Crippen molar-refractivity contribution in [3.05, 3.63) is 89.5 Å².